The van der Waals surface area contributed by atoms with Crippen molar-refractivity contribution in [1.82, 2.24) is 15.5 Å². The number of nitrogens with one attached hydrogen (secondary N) is 1. The molecular weight excluding hydrogens is 311 g/mol. The van der Waals surface area contributed by atoms with Gasteiger partial charge in [0, 0.05) is 19.2 Å². The maximum atomic E-state index is 12.4. The molecule has 0 bridgehead atoms. The summed E-state index contributed by atoms with van der Waals surface area (Å²) in [6.07, 6.45) is -4.59. The summed E-state index contributed by atoms with van der Waals surface area (Å²) in [6, 6.07) is 9.14. The van der Waals surface area contributed by atoms with E-state index in [1.807, 2.05) is 6.07 Å². The minimum atomic E-state index is -4.52. The van der Waals surface area contributed by atoms with Crippen molar-refractivity contribution in [3.05, 3.63) is 47.7 Å². The number of aromatic nitrogens is 2. The molecule has 1 aliphatic rings. The first-order valence-corrected chi connectivity index (χ1v) is 7.03. The molecule has 1 aromatic heterocycles. The van der Waals surface area contributed by atoms with Crippen molar-refractivity contribution in [3.63, 3.8) is 0 Å². The quantitative estimate of drug-likeness (QED) is 0.940. The summed E-state index contributed by atoms with van der Waals surface area (Å²) in [5.41, 5.74) is -0.130. The van der Waals surface area contributed by atoms with Crippen LogP contribution in [0, 0.1) is 0 Å². The maximum absolute atomic E-state index is 12.4. The maximum Gasteiger partial charge on any atom is 0.435 e. The first-order chi connectivity index (χ1) is 11.0. The zero-order chi connectivity index (χ0) is 16.3. The third kappa shape index (κ3) is 3.96. The normalized spacial score (nSPS) is 18.7. The monoisotopic (exact) mass is 325 g/mol. The topological polar surface area (TPSA) is 56.3 Å². The van der Waals surface area contributed by atoms with Gasteiger partial charge < -0.3 is 14.8 Å². The highest BCUT2D eigenvalue weighted by molar-refractivity contribution is 5.33. The summed E-state index contributed by atoms with van der Waals surface area (Å²) >= 11 is 0. The lowest BCUT2D eigenvalue weighted by atomic mass is 10.1. The first-order valence-electron chi connectivity index (χ1n) is 7.03. The Hall–Kier alpha value is -2.19. The van der Waals surface area contributed by atoms with Gasteiger partial charge in [-0.1, -0.05) is 12.1 Å². The molecule has 1 N–H and O–H groups in total. The molecule has 0 aliphatic carbocycles. The highest BCUT2D eigenvalue weighted by atomic mass is 19.4. The minimum Gasteiger partial charge on any atom is -0.438 e. The Labute approximate surface area is 130 Å². The largest absolute Gasteiger partial charge is 0.438 e. The van der Waals surface area contributed by atoms with Gasteiger partial charge in [-0.05, 0) is 23.8 Å². The van der Waals surface area contributed by atoms with Gasteiger partial charge in [-0.15, -0.1) is 10.2 Å². The molecule has 2 heterocycles. The van der Waals surface area contributed by atoms with Crippen LogP contribution in [-0.2, 0) is 10.9 Å². The van der Waals surface area contributed by atoms with Crippen LogP contribution >= 0.6 is 0 Å². The summed E-state index contributed by atoms with van der Waals surface area (Å²) in [7, 11) is 0. The van der Waals surface area contributed by atoms with Gasteiger partial charge in [0.1, 0.15) is 5.75 Å². The van der Waals surface area contributed by atoms with Gasteiger partial charge in [0.15, 0.2) is 5.69 Å². The van der Waals surface area contributed by atoms with Crippen LogP contribution in [0.15, 0.2) is 36.4 Å². The van der Waals surface area contributed by atoms with E-state index in [9.17, 15) is 13.2 Å². The fraction of sp³-hybridized carbons (Fsp3) is 0.333. The van der Waals surface area contributed by atoms with Gasteiger partial charge >= 0.3 is 6.18 Å². The SMILES string of the molecule is FC(F)(F)c1ccc(Oc2cccc([C@@H]3CNCCO3)c2)nn1. The van der Waals surface area contributed by atoms with Gasteiger partial charge in [-0.2, -0.15) is 13.2 Å². The summed E-state index contributed by atoms with van der Waals surface area (Å²) in [6.45, 7) is 2.14. The number of hydrogen-bond acceptors (Lipinski definition) is 5. The fourth-order valence-electron chi connectivity index (χ4n) is 2.20. The Balaban J connectivity index is 1.72. The molecule has 8 heteroatoms. The number of rotatable bonds is 3. The van der Waals surface area contributed by atoms with Crippen LogP contribution in [0.3, 0.4) is 0 Å². The number of ether oxygens (including phenoxy) is 2. The van der Waals surface area contributed by atoms with E-state index in [2.05, 4.69) is 15.5 Å². The van der Waals surface area contributed by atoms with Crippen LogP contribution in [-0.4, -0.2) is 29.9 Å². The van der Waals surface area contributed by atoms with Crippen molar-refractivity contribution in [2.45, 2.75) is 12.3 Å². The molecule has 0 amide bonds. The van der Waals surface area contributed by atoms with Crippen molar-refractivity contribution >= 4 is 0 Å². The Morgan fingerprint density at radius 2 is 2.04 bits per heavy atom. The van der Waals surface area contributed by atoms with Crippen molar-refractivity contribution in [2.24, 2.45) is 0 Å². The zero-order valence-corrected chi connectivity index (χ0v) is 12.0. The minimum absolute atomic E-state index is 0.00200. The van der Waals surface area contributed by atoms with Crippen LogP contribution < -0.4 is 10.1 Å². The van der Waals surface area contributed by atoms with Gasteiger partial charge in [0.05, 0.1) is 12.7 Å². The van der Waals surface area contributed by atoms with Crippen LogP contribution in [0.2, 0.25) is 0 Å². The van der Waals surface area contributed by atoms with E-state index >= 15 is 0 Å². The fourth-order valence-corrected chi connectivity index (χ4v) is 2.20. The summed E-state index contributed by atoms with van der Waals surface area (Å²) < 4.78 is 48.4. The average Bonchev–Trinajstić information content (AvgIpc) is 2.56. The van der Waals surface area contributed by atoms with E-state index in [1.54, 1.807) is 18.2 Å². The Bertz CT molecular complexity index is 656. The molecule has 0 unspecified atom stereocenters. The van der Waals surface area contributed by atoms with Crippen molar-refractivity contribution in [2.75, 3.05) is 19.7 Å². The second-order valence-electron chi connectivity index (χ2n) is 4.99. The van der Waals surface area contributed by atoms with E-state index in [0.29, 0.717) is 18.9 Å². The van der Waals surface area contributed by atoms with Crippen molar-refractivity contribution < 1.29 is 22.6 Å². The van der Waals surface area contributed by atoms with E-state index < -0.39 is 11.9 Å². The second-order valence-corrected chi connectivity index (χ2v) is 4.99. The highest BCUT2D eigenvalue weighted by Crippen LogP contribution is 2.29. The van der Waals surface area contributed by atoms with E-state index in [1.165, 1.54) is 0 Å². The standard InChI is InChI=1S/C15H14F3N3O2/c16-15(17,18)13-4-5-14(21-20-13)23-11-3-1-2-10(8-11)12-9-19-6-7-22-12/h1-5,8,12,19H,6-7,9H2/t12-/m0/s1. The lowest BCUT2D eigenvalue weighted by molar-refractivity contribution is -0.141. The molecule has 2 aromatic rings. The number of hydrogen-bond donors (Lipinski definition) is 1. The van der Waals surface area contributed by atoms with Gasteiger partial charge in [0.25, 0.3) is 0 Å². The molecule has 23 heavy (non-hydrogen) atoms. The molecular formula is C15H14F3N3O2. The van der Waals surface area contributed by atoms with Crippen LogP contribution in [0.25, 0.3) is 0 Å². The van der Waals surface area contributed by atoms with Gasteiger partial charge in [-0.3, -0.25) is 0 Å². The summed E-state index contributed by atoms with van der Waals surface area (Å²) in [5.74, 6) is 0.462. The molecule has 0 radical (unpaired) electrons. The second kappa shape index (κ2) is 6.51. The third-order valence-corrected chi connectivity index (χ3v) is 3.31. The highest BCUT2D eigenvalue weighted by Gasteiger charge is 2.33. The third-order valence-electron chi connectivity index (χ3n) is 3.31. The average molecular weight is 325 g/mol. The number of morpholine rings is 1. The molecule has 122 valence electrons. The number of nitrogens with zero attached hydrogens (tertiary/aromatic N) is 2. The summed E-state index contributed by atoms with van der Waals surface area (Å²) in [4.78, 5) is 0. The predicted octanol–water partition coefficient (Wildman–Crippen LogP) is 2.95. The molecule has 0 saturated carbocycles. The number of benzene rings is 1. The molecule has 5 nitrogen and oxygen atoms in total. The number of halogens is 3. The van der Waals surface area contributed by atoms with E-state index in [0.717, 1.165) is 24.2 Å². The molecule has 3 rings (SSSR count). The molecule has 1 saturated heterocycles. The Kier molecular flexibility index (Phi) is 4.44. The van der Waals surface area contributed by atoms with E-state index in [-0.39, 0.29) is 12.0 Å². The van der Waals surface area contributed by atoms with Gasteiger partial charge in [-0.25, -0.2) is 0 Å². The van der Waals surface area contributed by atoms with Crippen molar-refractivity contribution in [1.29, 1.82) is 0 Å². The Morgan fingerprint density at radius 1 is 1.17 bits per heavy atom. The summed E-state index contributed by atoms with van der Waals surface area (Å²) in [5, 5.41) is 9.80. The molecule has 1 aliphatic heterocycles. The van der Waals surface area contributed by atoms with Crippen LogP contribution in [0.1, 0.15) is 17.4 Å². The Morgan fingerprint density at radius 3 is 2.70 bits per heavy atom. The lowest BCUT2D eigenvalue weighted by Crippen LogP contribution is -2.33. The van der Waals surface area contributed by atoms with Crippen LogP contribution in [0.5, 0.6) is 11.6 Å². The van der Waals surface area contributed by atoms with Crippen molar-refractivity contribution in [3.8, 4) is 11.6 Å². The van der Waals surface area contributed by atoms with E-state index in [4.69, 9.17) is 9.47 Å². The van der Waals surface area contributed by atoms with Crippen LogP contribution in [0.4, 0.5) is 13.2 Å². The smallest absolute Gasteiger partial charge is 0.435 e. The lowest BCUT2D eigenvalue weighted by Gasteiger charge is -2.24. The zero-order valence-electron chi connectivity index (χ0n) is 12.0. The first kappa shape index (κ1) is 15.7. The molecule has 1 fully saturated rings. The molecule has 0 spiro atoms. The predicted molar refractivity (Wildman–Crippen MR) is 75.1 cm³/mol. The molecule has 1 aromatic carbocycles. The molecule has 1 atom stereocenters. The van der Waals surface area contributed by atoms with Gasteiger partial charge in [0.2, 0.25) is 5.88 Å². The number of alkyl halides is 3.